The fourth-order valence-electron chi connectivity index (χ4n) is 2.25. The van der Waals surface area contributed by atoms with Gasteiger partial charge in [-0.1, -0.05) is 28.0 Å². The maximum absolute atomic E-state index is 10.2. The van der Waals surface area contributed by atoms with E-state index in [4.69, 9.17) is 17.3 Å². The van der Waals surface area contributed by atoms with E-state index in [2.05, 4.69) is 4.98 Å². The Balaban J connectivity index is 2.98. The van der Waals surface area contributed by atoms with Crippen molar-refractivity contribution in [2.75, 3.05) is 5.73 Å². The molecule has 2 aromatic rings. The summed E-state index contributed by atoms with van der Waals surface area (Å²) in [5.74, 6) is 0. The molecule has 1 aromatic heterocycles. The minimum atomic E-state index is -1.07. The third kappa shape index (κ3) is 2.23. The van der Waals surface area contributed by atoms with Crippen molar-refractivity contribution in [3.05, 3.63) is 16.8 Å². The molecule has 3 nitrogen and oxygen atoms in total. The molecular weight excluding hydrogens is 256 g/mol. The van der Waals surface area contributed by atoms with E-state index in [-0.39, 0.29) is 0 Å². The average Bonchev–Trinajstić information content (AvgIpc) is 2.30. The number of pyridine rings is 1. The summed E-state index contributed by atoms with van der Waals surface area (Å²) < 4.78 is 0. The lowest BCUT2D eigenvalue weighted by Crippen LogP contribution is -2.32. The van der Waals surface area contributed by atoms with Crippen LogP contribution in [0.5, 0.6) is 0 Å². The van der Waals surface area contributed by atoms with E-state index in [0.717, 1.165) is 27.3 Å². The van der Waals surface area contributed by atoms with Crippen molar-refractivity contribution in [3.63, 3.8) is 0 Å². The molecule has 1 aromatic carbocycles. The van der Waals surface area contributed by atoms with Gasteiger partial charge >= 0.3 is 0 Å². The second kappa shape index (κ2) is 4.46. The van der Waals surface area contributed by atoms with Crippen LogP contribution in [0.3, 0.4) is 0 Å². The number of hydrogen-bond acceptors (Lipinski definition) is 3. The Labute approximate surface area is 120 Å². The summed E-state index contributed by atoms with van der Waals surface area (Å²) in [7, 11) is 5.88. The Morgan fingerprint density at radius 1 is 1.21 bits per heavy atom. The summed E-state index contributed by atoms with van der Waals surface area (Å²) in [5.41, 5.74) is 9.88. The molecule has 0 unspecified atom stereocenters. The molecule has 0 fully saturated rings. The highest BCUT2D eigenvalue weighted by Crippen LogP contribution is 2.25. The number of aromatic nitrogens is 1. The van der Waals surface area contributed by atoms with Crippen LogP contribution in [0.2, 0.25) is 5.02 Å². The molecule has 0 saturated carbocycles. The Morgan fingerprint density at radius 2 is 1.79 bits per heavy atom. The van der Waals surface area contributed by atoms with Gasteiger partial charge in [-0.05, 0) is 25.3 Å². The van der Waals surface area contributed by atoms with E-state index in [1.807, 2.05) is 29.6 Å². The molecule has 0 radical (unpaired) electrons. The number of fused-ring (bicyclic) bond motifs is 1. The predicted octanol–water partition coefficient (Wildman–Crippen LogP) is -2.53. The number of benzene rings is 1. The van der Waals surface area contributed by atoms with Crippen LogP contribution in [-0.4, -0.2) is 33.6 Å². The van der Waals surface area contributed by atoms with Gasteiger partial charge in [-0.25, -0.2) is 4.98 Å². The Kier molecular flexibility index (Phi) is 3.35. The van der Waals surface area contributed by atoms with Gasteiger partial charge < -0.3 is 10.8 Å². The van der Waals surface area contributed by atoms with Crippen LogP contribution in [0.15, 0.2) is 6.07 Å². The van der Waals surface area contributed by atoms with Gasteiger partial charge in [0.1, 0.15) is 29.1 Å². The smallest absolute Gasteiger partial charge is 0.143 e. The van der Waals surface area contributed by atoms with Crippen molar-refractivity contribution < 1.29 is 5.11 Å². The first-order valence-electron chi connectivity index (χ1n) is 6.23. The summed E-state index contributed by atoms with van der Waals surface area (Å²) in [5, 5.41) is 11.9. The first kappa shape index (κ1) is 14.3. The standard InChI is InChI=1S/C12H16B3ClN2O/c1-12(2,19)11-9(17)6(13)4-3-5(16)7(14)8(15)10(4)18-11/h3,19H,13-15,17H2,1-2H3. The summed E-state index contributed by atoms with van der Waals surface area (Å²) in [6, 6.07) is 1.89. The maximum Gasteiger partial charge on any atom is 0.143 e. The lowest BCUT2D eigenvalue weighted by Gasteiger charge is -2.22. The number of anilines is 1. The number of halogens is 1. The highest BCUT2D eigenvalue weighted by molar-refractivity contribution is 6.58. The number of nitrogens with zero attached hydrogens (tertiary/aromatic N) is 1. The van der Waals surface area contributed by atoms with Gasteiger partial charge in [-0.2, -0.15) is 0 Å². The zero-order valence-electron chi connectivity index (χ0n) is 11.9. The molecule has 19 heavy (non-hydrogen) atoms. The maximum atomic E-state index is 10.2. The quantitative estimate of drug-likeness (QED) is 0.563. The number of hydrogen-bond donors (Lipinski definition) is 2. The van der Waals surface area contributed by atoms with Gasteiger partial charge in [-0.3, -0.25) is 0 Å². The number of nitrogens with two attached hydrogens (primary N) is 1. The second-order valence-corrected chi connectivity index (χ2v) is 5.97. The van der Waals surface area contributed by atoms with E-state index in [1.165, 1.54) is 0 Å². The van der Waals surface area contributed by atoms with Crippen molar-refractivity contribution in [3.8, 4) is 0 Å². The van der Waals surface area contributed by atoms with E-state index < -0.39 is 5.60 Å². The normalized spacial score (nSPS) is 12.0. The molecule has 3 N–H and O–H groups in total. The first-order chi connectivity index (χ1) is 8.64. The van der Waals surface area contributed by atoms with Crippen molar-refractivity contribution in [2.45, 2.75) is 19.4 Å². The van der Waals surface area contributed by atoms with Crippen LogP contribution >= 0.6 is 11.6 Å². The Hall–Kier alpha value is -1.13. The third-order valence-electron chi connectivity index (χ3n) is 3.67. The van der Waals surface area contributed by atoms with Crippen molar-refractivity contribution in [2.24, 2.45) is 0 Å². The van der Waals surface area contributed by atoms with Gasteiger partial charge in [0, 0.05) is 5.02 Å². The summed E-state index contributed by atoms with van der Waals surface area (Å²) >= 11 is 6.23. The van der Waals surface area contributed by atoms with Crippen molar-refractivity contribution in [1.82, 2.24) is 4.98 Å². The highest BCUT2D eigenvalue weighted by Gasteiger charge is 2.24. The molecule has 7 heteroatoms. The lowest BCUT2D eigenvalue weighted by atomic mass is 9.76. The largest absolute Gasteiger partial charge is 0.398 e. The minimum absolute atomic E-state index is 0.516. The topological polar surface area (TPSA) is 59.1 Å². The Morgan fingerprint density at radius 3 is 2.32 bits per heavy atom. The predicted molar refractivity (Wildman–Crippen MR) is 90.9 cm³/mol. The van der Waals surface area contributed by atoms with Gasteiger partial charge in [0.15, 0.2) is 0 Å². The summed E-state index contributed by atoms with van der Waals surface area (Å²) in [6.45, 7) is 3.38. The van der Waals surface area contributed by atoms with E-state index in [0.29, 0.717) is 16.4 Å². The van der Waals surface area contributed by atoms with Crippen LogP contribution in [0, 0.1) is 0 Å². The fraction of sp³-hybridized carbons (Fsp3) is 0.250. The van der Waals surface area contributed by atoms with Gasteiger partial charge in [-0.15, -0.1) is 0 Å². The van der Waals surface area contributed by atoms with Gasteiger partial charge in [0.05, 0.1) is 16.9 Å². The van der Waals surface area contributed by atoms with Gasteiger partial charge in [0.25, 0.3) is 0 Å². The number of rotatable bonds is 1. The molecule has 0 amide bonds. The van der Waals surface area contributed by atoms with E-state index >= 15 is 0 Å². The molecular formula is C12H16B3ClN2O. The van der Waals surface area contributed by atoms with Crippen LogP contribution in [-0.2, 0) is 5.60 Å². The molecule has 0 bridgehead atoms. The van der Waals surface area contributed by atoms with Gasteiger partial charge in [0.2, 0.25) is 0 Å². The van der Waals surface area contributed by atoms with Crippen LogP contribution in [0.25, 0.3) is 10.9 Å². The molecule has 96 valence electrons. The first-order valence-corrected chi connectivity index (χ1v) is 6.60. The molecule has 0 aliphatic heterocycles. The third-order valence-corrected chi connectivity index (χ3v) is 4.06. The van der Waals surface area contributed by atoms with Crippen LogP contribution in [0.1, 0.15) is 19.5 Å². The average molecular weight is 272 g/mol. The zero-order valence-corrected chi connectivity index (χ0v) is 12.7. The SMILES string of the molecule is Bc1c(Cl)cc2c(B)c(N)c(C(C)(C)O)nc2c1B. The minimum Gasteiger partial charge on any atom is -0.398 e. The van der Waals surface area contributed by atoms with Crippen LogP contribution in [0.4, 0.5) is 5.69 Å². The molecule has 0 aliphatic carbocycles. The molecule has 0 aliphatic rings. The van der Waals surface area contributed by atoms with Crippen molar-refractivity contribution >= 4 is 68.1 Å². The van der Waals surface area contributed by atoms with E-state index in [1.54, 1.807) is 13.8 Å². The molecule has 0 atom stereocenters. The molecule has 0 spiro atoms. The molecule has 2 rings (SSSR count). The lowest BCUT2D eigenvalue weighted by molar-refractivity contribution is 0.0751. The second-order valence-electron chi connectivity index (χ2n) is 5.56. The summed E-state index contributed by atoms with van der Waals surface area (Å²) in [6.07, 6.45) is 0. The monoisotopic (exact) mass is 272 g/mol. The molecule has 0 saturated heterocycles. The highest BCUT2D eigenvalue weighted by atomic mass is 35.5. The fourth-order valence-corrected chi connectivity index (χ4v) is 2.50. The zero-order chi connectivity index (χ0) is 14.5. The Bertz CT molecular complexity index is 683. The number of aliphatic hydroxyl groups is 1. The van der Waals surface area contributed by atoms with Crippen LogP contribution < -0.4 is 22.1 Å². The summed E-state index contributed by atoms with van der Waals surface area (Å²) in [4.78, 5) is 4.57. The van der Waals surface area contributed by atoms with Crippen molar-refractivity contribution in [1.29, 1.82) is 0 Å². The molecule has 1 heterocycles. The van der Waals surface area contributed by atoms with E-state index in [9.17, 15) is 5.11 Å². The number of nitrogen functional groups attached to an aromatic ring is 1.